The number of nitrogens with zero attached hydrogens (tertiary/aromatic N) is 5. The van der Waals surface area contributed by atoms with Crippen LogP contribution in [0.2, 0.25) is 0 Å². The molecule has 1 aliphatic heterocycles. The molecule has 2 heterocycles. The first-order chi connectivity index (χ1) is 22.0. The molecule has 3 aromatic rings. The molecule has 0 bridgehead atoms. The van der Waals surface area contributed by atoms with E-state index in [1.54, 1.807) is 38.1 Å². The third-order valence-electron chi connectivity index (χ3n) is 6.91. The van der Waals surface area contributed by atoms with Crippen LogP contribution in [-0.4, -0.2) is 65.7 Å². The summed E-state index contributed by atoms with van der Waals surface area (Å²) in [6, 6.07) is 12.5. The molecular formula is C29H33F3N6O8S. The number of carbonyl (C=O) groups excluding carboxylic acids is 2. The number of ether oxygens (including phenoxy) is 2. The van der Waals surface area contributed by atoms with Crippen LogP contribution in [0.5, 0.6) is 0 Å². The molecule has 1 fully saturated rings. The predicted octanol–water partition coefficient (Wildman–Crippen LogP) is 5.10. The van der Waals surface area contributed by atoms with Crippen LogP contribution in [0.4, 0.5) is 18.0 Å². The minimum Gasteiger partial charge on any atom is -0.569 e. The largest absolute Gasteiger partial charge is 0.569 e. The van der Waals surface area contributed by atoms with Crippen LogP contribution >= 0.6 is 0 Å². The standard InChI is InChI=1S/C29H33F3N6O8S/c1-18(2)27(39)44-20(4)46-35-38(41)36-15-13-23(14-16-36)45-28(40)34-47(42,43)24-11-9-22(10-12-24)37-25(17-26(33-37)29(30,31)32)21-7-5-19(3)6-8-21/h5-12,17-18,20,23H,13-16H2,1-4H3,(H,34,40)/b38-35-. The number of hydrazine groups is 1. The number of esters is 1. The molecule has 1 aromatic heterocycles. The van der Waals surface area contributed by atoms with Crippen molar-refractivity contribution in [3.05, 3.63) is 71.1 Å². The monoisotopic (exact) mass is 682 g/mol. The minimum atomic E-state index is -4.71. The van der Waals surface area contributed by atoms with Crippen LogP contribution in [0.1, 0.15) is 44.9 Å². The van der Waals surface area contributed by atoms with Gasteiger partial charge in [-0.05, 0) is 37.3 Å². The number of amides is 1. The summed E-state index contributed by atoms with van der Waals surface area (Å²) in [5.74, 6) is -0.912. The first-order valence-corrected chi connectivity index (χ1v) is 15.9. The van der Waals surface area contributed by atoms with E-state index in [1.165, 1.54) is 24.1 Å². The van der Waals surface area contributed by atoms with E-state index in [-0.39, 0.29) is 53.1 Å². The van der Waals surface area contributed by atoms with Gasteiger partial charge >= 0.3 is 18.2 Å². The topological polar surface area (TPSA) is 167 Å². The molecule has 0 saturated carbocycles. The maximum absolute atomic E-state index is 13.5. The van der Waals surface area contributed by atoms with Crippen LogP contribution in [-0.2, 0) is 35.3 Å². The van der Waals surface area contributed by atoms with Gasteiger partial charge in [-0.15, -0.1) is 5.01 Å². The SMILES string of the molecule is Cc1ccc(-c2cc(C(F)(F)F)nn2-c2ccc(S(=O)(=O)NC(=O)OC3CCN(/[N+]([O-])=N/OC(C)OC(=O)C(C)C)CC3)cc2)cc1. The molecule has 1 unspecified atom stereocenters. The summed E-state index contributed by atoms with van der Waals surface area (Å²) in [6.07, 6.45) is -7.43. The van der Waals surface area contributed by atoms with Crippen molar-refractivity contribution in [1.29, 1.82) is 0 Å². The number of aryl methyl sites for hydroxylation is 1. The summed E-state index contributed by atoms with van der Waals surface area (Å²) >= 11 is 0. The number of benzene rings is 2. The highest BCUT2D eigenvalue weighted by Crippen LogP contribution is 2.33. The van der Waals surface area contributed by atoms with Crippen molar-refractivity contribution in [3.63, 3.8) is 0 Å². The van der Waals surface area contributed by atoms with Crippen molar-refractivity contribution >= 4 is 22.1 Å². The van der Waals surface area contributed by atoms with Gasteiger partial charge in [0, 0.05) is 25.3 Å². The second kappa shape index (κ2) is 14.3. The number of nitrogens with one attached hydrogen (secondary N) is 1. The Morgan fingerprint density at radius 1 is 1.06 bits per heavy atom. The molecule has 47 heavy (non-hydrogen) atoms. The first kappa shape index (κ1) is 35.0. The molecule has 14 nitrogen and oxygen atoms in total. The first-order valence-electron chi connectivity index (χ1n) is 14.4. The molecule has 1 saturated heterocycles. The molecule has 1 N–H and O–H groups in total. The van der Waals surface area contributed by atoms with Crippen molar-refractivity contribution in [1.82, 2.24) is 19.5 Å². The Bertz CT molecular complexity index is 1700. The lowest BCUT2D eigenvalue weighted by Crippen LogP contribution is -2.43. The number of hydrogen-bond acceptors (Lipinski definition) is 10. The Morgan fingerprint density at radius 3 is 2.26 bits per heavy atom. The summed E-state index contributed by atoms with van der Waals surface area (Å²) in [4.78, 5) is 28.8. The van der Waals surface area contributed by atoms with E-state index >= 15 is 0 Å². The third kappa shape index (κ3) is 9.11. The van der Waals surface area contributed by atoms with Crippen molar-refractivity contribution < 1.29 is 50.5 Å². The van der Waals surface area contributed by atoms with Crippen molar-refractivity contribution in [3.8, 4) is 16.9 Å². The van der Waals surface area contributed by atoms with E-state index in [9.17, 15) is 36.4 Å². The maximum atomic E-state index is 13.5. The molecule has 1 amide bonds. The molecule has 0 aliphatic carbocycles. The van der Waals surface area contributed by atoms with Gasteiger partial charge in [-0.2, -0.15) is 18.3 Å². The fourth-order valence-corrected chi connectivity index (χ4v) is 5.25. The molecule has 4 rings (SSSR count). The van der Waals surface area contributed by atoms with Gasteiger partial charge in [0.15, 0.2) is 5.69 Å². The number of halogens is 3. The molecule has 2 aromatic carbocycles. The average molecular weight is 683 g/mol. The van der Waals surface area contributed by atoms with Crippen LogP contribution < -0.4 is 4.72 Å². The van der Waals surface area contributed by atoms with Crippen LogP contribution in [0.3, 0.4) is 0 Å². The van der Waals surface area contributed by atoms with E-state index < -0.39 is 46.4 Å². The molecule has 18 heteroatoms. The highest BCUT2D eigenvalue weighted by atomic mass is 32.2. The Kier molecular flexibility index (Phi) is 10.6. The quantitative estimate of drug-likeness (QED) is 0.0999. The zero-order valence-electron chi connectivity index (χ0n) is 25.8. The number of carbonyl (C=O) groups is 2. The molecule has 1 aliphatic rings. The zero-order valence-corrected chi connectivity index (χ0v) is 26.6. The number of aromatic nitrogens is 2. The highest BCUT2D eigenvalue weighted by Gasteiger charge is 2.35. The number of piperidine rings is 1. The number of alkyl halides is 3. The van der Waals surface area contributed by atoms with E-state index in [0.29, 0.717) is 5.56 Å². The van der Waals surface area contributed by atoms with Gasteiger partial charge in [0.25, 0.3) is 16.3 Å². The summed E-state index contributed by atoms with van der Waals surface area (Å²) in [6.45, 7) is 6.69. The highest BCUT2D eigenvalue weighted by molar-refractivity contribution is 7.90. The fraction of sp³-hybridized carbons (Fsp3) is 0.414. The van der Waals surface area contributed by atoms with E-state index in [2.05, 4.69) is 10.4 Å². The van der Waals surface area contributed by atoms with Crippen LogP contribution in [0.15, 0.2) is 64.8 Å². The minimum absolute atomic E-state index is 0.0940. The summed E-state index contributed by atoms with van der Waals surface area (Å²) in [7, 11) is -4.42. The summed E-state index contributed by atoms with van der Waals surface area (Å²) in [5, 5.41) is 20.5. The number of sulfonamides is 1. The van der Waals surface area contributed by atoms with Crippen molar-refractivity contribution in [2.24, 2.45) is 11.2 Å². The Balaban J connectivity index is 1.35. The van der Waals surface area contributed by atoms with Gasteiger partial charge in [0.2, 0.25) is 5.28 Å². The van der Waals surface area contributed by atoms with Crippen LogP contribution in [0.25, 0.3) is 16.9 Å². The van der Waals surface area contributed by atoms with Crippen molar-refractivity contribution in [2.45, 2.75) is 64.0 Å². The average Bonchev–Trinajstić information content (AvgIpc) is 3.47. The Hall–Kier alpha value is -4.87. The summed E-state index contributed by atoms with van der Waals surface area (Å²) in [5.41, 5.74) is 0.551. The Labute approximate surface area is 268 Å². The molecular weight excluding hydrogens is 649 g/mol. The molecule has 254 valence electrons. The predicted molar refractivity (Wildman–Crippen MR) is 158 cm³/mol. The van der Waals surface area contributed by atoms with Crippen LogP contribution in [0, 0.1) is 18.0 Å². The normalized spacial score (nSPS) is 15.3. The van der Waals surface area contributed by atoms with Gasteiger partial charge in [0.1, 0.15) is 6.10 Å². The zero-order chi connectivity index (χ0) is 34.5. The summed E-state index contributed by atoms with van der Waals surface area (Å²) < 4.78 is 79.3. The third-order valence-corrected chi connectivity index (χ3v) is 8.24. The lowest BCUT2D eigenvalue weighted by molar-refractivity contribution is -0.715. The second-order valence-corrected chi connectivity index (χ2v) is 12.6. The lowest BCUT2D eigenvalue weighted by Gasteiger charge is -2.28. The lowest BCUT2D eigenvalue weighted by atomic mass is 10.1. The molecule has 0 spiro atoms. The maximum Gasteiger partial charge on any atom is 0.435 e. The number of hydrogen-bond donors (Lipinski definition) is 1. The van der Waals surface area contributed by atoms with Gasteiger partial charge < -0.3 is 14.7 Å². The van der Waals surface area contributed by atoms with Gasteiger partial charge in [-0.25, -0.2) is 22.6 Å². The molecule has 0 radical (unpaired) electrons. The smallest absolute Gasteiger partial charge is 0.435 e. The van der Waals surface area contributed by atoms with E-state index in [4.69, 9.17) is 14.3 Å². The Morgan fingerprint density at radius 2 is 1.68 bits per heavy atom. The van der Waals surface area contributed by atoms with Crippen molar-refractivity contribution in [2.75, 3.05) is 13.1 Å². The molecule has 1 atom stereocenters. The van der Waals surface area contributed by atoms with E-state index in [0.717, 1.165) is 28.4 Å². The second-order valence-electron chi connectivity index (χ2n) is 10.9. The fourth-order valence-electron chi connectivity index (χ4n) is 4.37. The van der Waals surface area contributed by atoms with Gasteiger partial charge in [-0.1, -0.05) is 43.7 Å². The number of rotatable bonds is 10. The van der Waals surface area contributed by atoms with Gasteiger partial charge in [0.05, 0.1) is 40.3 Å². The van der Waals surface area contributed by atoms with E-state index in [1.807, 2.05) is 11.6 Å². The van der Waals surface area contributed by atoms with Gasteiger partial charge in [-0.3, -0.25) is 9.63 Å².